The molecule has 3 heteroatoms. The van der Waals surface area contributed by atoms with Gasteiger partial charge in [-0.3, -0.25) is 14.9 Å². The first-order valence-corrected chi connectivity index (χ1v) is 3.93. The molecule has 0 aromatic rings. The second-order valence-corrected chi connectivity index (χ2v) is 3.29. The number of imide groups is 1. The lowest BCUT2D eigenvalue weighted by Gasteiger charge is -2.30. The smallest absolute Gasteiger partial charge is 0.232 e. The molecule has 1 fully saturated rings. The van der Waals surface area contributed by atoms with Crippen molar-refractivity contribution < 1.29 is 9.59 Å². The Balaban J connectivity index is 2.71. The summed E-state index contributed by atoms with van der Waals surface area (Å²) in [5.74, 6) is -0.253. The van der Waals surface area contributed by atoms with Gasteiger partial charge in [-0.15, -0.1) is 0 Å². The molecule has 3 nitrogen and oxygen atoms in total. The summed E-state index contributed by atoms with van der Waals surface area (Å²) in [6.45, 7) is 3.87. The number of piperidine rings is 1. The molecule has 1 aliphatic heterocycles. The van der Waals surface area contributed by atoms with Crippen molar-refractivity contribution >= 4 is 11.8 Å². The highest BCUT2D eigenvalue weighted by molar-refractivity contribution is 6.00. The highest BCUT2D eigenvalue weighted by atomic mass is 16.2. The van der Waals surface area contributed by atoms with E-state index in [-0.39, 0.29) is 17.2 Å². The number of carbonyl (C=O) groups is 2. The highest BCUT2D eigenvalue weighted by Crippen LogP contribution is 2.30. The van der Waals surface area contributed by atoms with Crippen LogP contribution in [0.15, 0.2) is 0 Å². The summed E-state index contributed by atoms with van der Waals surface area (Å²) in [6.07, 6.45) is 1.97. The Labute approximate surface area is 66.2 Å². The lowest BCUT2D eigenvalue weighted by molar-refractivity contribution is -0.141. The van der Waals surface area contributed by atoms with E-state index in [1.54, 1.807) is 0 Å². The lowest BCUT2D eigenvalue weighted by Crippen LogP contribution is -2.46. The second-order valence-electron chi connectivity index (χ2n) is 3.29. The fraction of sp³-hybridized carbons (Fsp3) is 0.750. The van der Waals surface area contributed by atoms with Gasteiger partial charge >= 0.3 is 0 Å². The van der Waals surface area contributed by atoms with E-state index in [2.05, 4.69) is 5.32 Å². The summed E-state index contributed by atoms with van der Waals surface area (Å²) in [5, 5.41) is 2.34. The molecule has 11 heavy (non-hydrogen) atoms. The third-order valence-electron chi connectivity index (χ3n) is 2.49. The molecule has 0 aromatic carbocycles. The third kappa shape index (κ3) is 1.42. The predicted octanol–water partition coefficient (Wildman–Crippen LogP) is 0.839. The Kier molecular flexibility index (Phi) is 1.98. The van der Waals surface area contributed by atoms with Crippen LogP contribution in [0.2, 0.25) is 0 Å². The van der Waals surface area contributed by atoms with Crippen LogP contribution in [0, 0.1) is 5.41 Å². The third-order valence-corrected chi connectivity index (χ3v) is 2.49. The Morgan fingerprint density at radius 1 is 1.55 bits per heavy atom. The molecule has 1 aliphatic rings. The summed E-state index contributed by atoms with van der Waals surface area (Å²) >= 11 is 0. The average Bonchev–Trinajstić information content (AvgIpc) is 1.98. The first-order chi connectivity index (χ1) is 5.08. The zero-order valence-electron chi connectivity index (χ0n) is 6.94. The van der Waals surface area contributed by atoms with Gasteiger partial charge in [0.1, 0.15) is 0 Å². The Hall–Kier alpha value is -0.860. The minimum atomic E-state index is -0.312. The van der Waals surface area contributed by atoms with Crippen molar-refractivity contribution in [2.75, 3.05) is 0 Å². The number of hydrogen-bond donors (Lipinski definition) is 1. The molecule has 1 rings (SSSR count). The molecule has 1 atom stereocenters. The molecule has 0 aromatic heterocycles. The maximum absolute atomic E-state index is 11.2. The number of nitrogens with one attached hydrogen (secondary N) is 1. The molecule has 0 aliphatic carbocycles. The van der Waals surface area contributed by atoms with Gasteiger partial charge in [0.15, 0.2) is 0 Å². The van der Waals surface area contributed by atoms with Crippen molar-refractivity contribution in [3.63, 3.8) is 0 Å². The van der Waals surface area contributed by atoms with Crippen LogP contribution < -0.4 is 5.32 Å². The average molecular weight is 155 g/mol. The largest absolute Gasteiger partial charge is 0.296 e. The molecule has 0 radical (unpaired) electrons. The molecule has 0 spiro atoms. The van der Waals surface area contributed by atoms with E-state index in [1.165, 1.54) is 0 Å². The van der Waals surface area contributed by atoms with Gasteiger partial charge in [0.05, 0.1) is 0 Å². The minimum absolute atomic E-state index is 0.115. The van der Waals surface area contributed by atoms with E-state index in [9.17, 15) is 9.59 Å². The monoisotopic (exact) mass is 155 g/mol. The summed E-state index contributed by atoms with van der Waals surface area (Å²) < 4.78 is 0. The van der Waals surface area contributed by atoms with Gasteiger partial charge in [0.25, 0.3) is 0 Å². The fourth-order valence-electron chi connectivity index (χ4n) is 1.18. The molecule has 1 N–H and O–H groups in total. The molecule has 62 valence electrons. The van der Waals surface area contributed by atoms with E-state index in [0.29, 0.717) is 12.8 Å². The van der Waals surface area contributed by atoms with Crippen LogP contribution in [0.1, 0.15) is 33.1 Å². The summed E-state index contributed by atoms with van der Waals surface area (Å²) in [6, 6.07) is 0. The summed E-state index contributed by atoms with van der Waals surface area (Å²) in [7, 11) is 0. The predicted molar refractivity (Wildman–Crippen MR) is 40.8 cm³/mol. The zero-order chi connectivity index (χ0) is 8.48. The number of hydrogen-bond acceptors (Lipinski definition) is 2. The van der Waals surface area contributed by atoms with Crippen LogP contribution in [0.25, 0.3) is 0 Å². The van der Waals surface area contributed by atoms with Crippen LogP contribution in [0.3, 0.4) is 0 Å². The molecule has 0 bridgehead atoms. The van der Waals surface area contributed by atoms with E-state index in [4.69, 9.17) is 0 Å². The molecular weight excluding hydrogens is 142 g/mol. The summed E-state index contributed by atoms with van der Waals surface area (Å²) in [5.41, 5.74) is -0.312. The van der Waals surface area contributed by atoms with Crippen molar-refractivity contribution in [3.8, 4) is 0 Å². The molecule has 1 heterocycles. The molecule has 0 unspecified atom stereocenters. The van der Waals surface area contributed by atoms with E-state index in [1.807, 2.05) is 13.8 Å². The SMILES string of the molecule is CC[C@@]1(C)CCC(=O)NC1=O. The molecule has 2 amide bonds. The topological polar surface area (TPSA) is 46.2 Å². The molecule has 0 saturated carbocycles. The van der Waals surface area contributed by atoms with Crippen LogP contribution in [0.5, 0.6) is 0 Å². The van der Waals surface area contributed by atoms with Crippen LogP contribution >= 0.6 is 0 Å². The van der Waals surface area contributed by atoms with Crippen molar-refractivity contribution in [2.24, 2.45) is 5.41 Å². The first kappa shape index (κ1) is 8.24. The first-order valence-electron chi connectivity index (χ1n) is 3.93. The van der Waals surface area contributed by atoms with Gasteiger partial charge in [-0.2, -0.15) is 0 Å². The quantitative estimate of drug-likeness (QED) is 0.570. The van der Waals surface area contributed by atoms with Crippen molar-refractivity contribution in [3.05, 3.63) is 0 Å². The maximum Gasteiger partial charge on any atom is 0.232 e. The number of amides is 2. The van der Waals surface area contributed by atoms with Crippen molar-refractivity contribution in [1.29, 1.82) is 0 Å². The highest BCUT2D eigenvalue weighted by Gasteiger charge is 2.36. The Morgan fingerprint density at radius 2 is 2.18 bits per heavy atom. The Morgan fingerprint density at radius 3 is 2.64 bits per heavy atom. The van der Waals surface area contributed by atoms with E-state index >= 15 is 0 Å². The zero-order valence-corrected chi connectivity index (χ0v) is 6.94. The van der Waals surface area contributed by atoms with Gasteiger partial charge in [0, 0.05) is 11.8 Å². The Bertz CT molecular complexity index is 200. The molecular formula is C8H13NO2. The van der Waals surface area contributed by atoms with Gasteiger partial charge in [-0.05, 0) is 12.8 Å². The van der Waals surface area contributed by atoms with Gasteiger partial charge in [0.2, 0.25) is 11.8 Å². The van der Waals surface area contributed by atoms with Gasteiger partial charge in [-0.25, -0.2) is 0 Å². The number of carbonyl (C=O) groups excluding carboxylic acids is 2. The maximum atomic E-state index is 11.2. The van der Waals surface area contributed by atoms with E-state index in [0.717, 1.165) is 6.42 Å². The molecule has 1 saturated heterocycles. The lowest BCUT2D eigenvalue weighted by atomic mass is 9.79. The second kappa shape index (κ2) is 2.64. The van der Waals surface area contributed by atoms with Gasteiger partial charge in [-0.1, -0.05) is 13.8 Å². The fourth-order valence-corrected chi connectivity index (χ4v) is 1.18. The van der Waals surface area contributed by atoms with Crippen molar-refractivity contribution in [1.82, 2.24) is 5.32 Å². The number of rotatable bonds is 1. The standard InChI is InChI=1S/C8H13NO2/c1-3-8(2)5-4-6(10)9-7(8)11/h3-5H2,1-2H3,(H,9,10,11)/t8-/m0/s1. The van der Waals surface area contributed by atoms with Gasteiger partial charge < -0.3 is 0 Å². The minimum Gasteiger partial charge on any atom is -0.296 e. The van der Waals surface area contributed by atoms with Crippen molar-refractivity contribution in [2.45, 2.75) is 33.1 Å². The van der Waals surface area contributed by atoms with E-state index < -0.39 is 0 Å². The normalized spacial score (nSPS) is 31.8. The van der Waals surface area contributed by atoms with Crippen LogP contribution in [-0.2, 0) is 9.59 Å². The van der Waals surface area contributed by atoms with Crippen LogP contribution in [0.4, 0.5) is 0 Å². The van der Waals surface area contributed by atoms with Crippen LogP contribution in [-0.4, -0.2) is 11.8 Å². The summed E-state index contributed by atoms with van der Waals surface area (Å²) in [4.78, 5) is 22.0.